The number of allylic oxidation sites excluding steroid dienone is 6. The minimum absolute atomic E-state index is 0.0717. The Bertz CT molecular complexity index is 1080. The number of unbranched alkanes of at least 4 members (excludes halogenated alkanes) is 34. The topological polar surface area (TPSA) is 78.9 Å². The summed E-state index contributed by atoms with van der Waals surface area (Å²) in [5.41, 5.74) is 0. The second kappa shape index (κ2) is 53.2. The maximum atomic E-state index is 12.8. The van der Waals surface area contributed by atoms with E-state index in [9.17, 15) is 14.4 Å². The van der Waals surface area contributed by atoms with Gasteiger partial charge in [-0.15, -0.1) is 0 Å². The van der Waals surface area contributed by atoms with Crippen molar-refractivity contribution in [2.75, 3.05) is 13.2 Å². The average Bonchev–Trinajstić information content (AvgIpc) is 3.29. The molecule has 0 bridgehead atoms. The average molecular weight is 899 g/mol. The van der Waals surface area contributed by atoms with Gasteiger partial charge in [-0.1, -0.05) is 263 Å². The molecule has 0 radical (unpaired) electrons. The van der Waals surface area contributed by atoms with Crippen molar-refractivity contribution in [2.24, 2.45) is 0 Å². The van der Waals surface area contributed by atoms with Crippen molar-refractivity contribution < 1.29 is 28.6 Å². The highest BCUT2D eigenvalue weighted by Gasteiger charge is 2.19. The van der Waals surface area contributed by atoms with Crippen LogP contribution < -0.4 is 0 Å². The Hall–Kier alpha value is -2.37. The molecule has 0 aromatic rings. The highest BCUT2D eigenvalue weighted by Crippen LogP contribution is 2.17. The predicted octanol–water partition coefficient (Wildman–Crippen LogP) is 18.5. The van der Waals surface area contributed by atoms with Crippen LogP contribution in [-0.4, -0.2) is 37.2 Å². The van der Waals surface area contributed by atoms with Crippen molar-refractivity contribution in [1.82, 2.24) is 0 Å². The van der Waals surface area contributed by atoms with Crippen molar-refractivity contribution >= 4 is 17.9 Å². The van der Waals surface area contributed by atoms with Crippen LogP contribution in [0.4, 0.5) is 0 Å². The highest BCUT2D eigenvalue weighted by atomic mass is 16.6. The second-order valence-electron chi connectivity index (χ2n) is 18.8. The number of rotatable bonds is 51. The molecule has 64 heavy (non-hydrogen) atoms. The minimum Gasteiger partial charge on any atom is -0.462 e. The monoisotopic (exact) mass is 899 g/mol. The third kappa shape index (κ3) is 50.6. The van der Waals surface area contributed by atoms with Crippen molar-refractivity contribution in [3.63, 3.8) is 0 Å². The van der Waals surface area contributed by atoms with Crippen LogP contribution in [0.3, 0.4) is 0 Å². The van der Waals surface area contributed by atoms with Crippen molar-refractivity contribution in [2.45, 2.75) is 303 Å². The molecule has 0 aliphatic rings. The molecule has 0 saturated heterocycles. The quantitative estimate of drug-likeness (QED) is 0.0262. The van der Waals surface area contributed by atoms with E-state index < -0.39 is 6.10 Å². The largest absolute Gasteiger partial charge is 0.462 e. The summed E-state index contributed by atoms with van der Waals surface area (Å²) >= 11 is 0. The predicted molar refractivity (Wildman–Crippen MR) is 275 cm³/mol. The van der Waals surface area contributed by atoms with E-state index in [1.807, 2.05) is 0 Å². The summed E-state index contributed by atoms with van der Waals surface area (Å²) in [6.45, 7) is 6.55. The minimum atomic E-state index is -0.772. The molecule has 374 valence electrons. The summed E-state index contributed by atoms with van der Waals surface area (Å²) in [6.07, 6.45) is 62.8. The normalized spacial score (nSPS) is 12.2. The summed E-state index contributed by atoms with van der Waals surface area (Å²) in [6, 6.07) is 0. The zero-order valence-electron chi connectivity index (χ0n) is 42.8. The molecule has 0 heterocycles. The van der Waals surface area contributed by atoms with Gasteiger partial charge in [-0.25, -0.2) is 0 Å². The van der Waals surface area contributed by atoms with Gasteiger partial charge in [0.2, 0.25) is 0 Å². The molecular formula is C58H106O6. The van der Waals surface area contributed by atoms with Crippen molar-refractivity contribution in [1.29, 1.82) is 0 Å². The van der Waals surface area contributed by atoms with Gasteiger partial charge < -0.3 is 14.2 Å². The van der Waals surface area contributed by atoms with E-state index in [2.05, 4.69) is 57.2 Å². The molecule has 0 aliphatic carbocycles. The molecule has 1 unspecified atom stereocenters. The Balaban J connectivity index is 4.28. The first-order chi connectivity index (χ1) is 31.5. The molecule has 0 fully saturated rings. The number of carbonyl (C=O) groups is 3. The molecule has 0 amide bonds. The molecule has 1 atom stereocenters. The first kappa shape index (κ1) is 61.6. The Morgan fingerprint density at radius 3 is 0.953 bits per heavy atom. The maximum Gasteiger partial charge on any atom is 0.306 e. The Morgan fingerprint density at radius 2 is 0.609 bits per heavy atom. The van der Waals surface area contributed by atoms with E-state index in [1.165, 1.54) is 173 Å². The number of esters is 3. The lowest BCUT2D eigenvalue weighted by Crippen LogP contribution is -2.30. The highest BCUT2D eigenvalue weighted by molar-refractivity contribution is 5.71. The van der Waals surface area contributed by atoms with Crippen molar-refractivity contribution in [3.05, 3.63) is 36.5 Å². The summed E-state index contributed by atoms with van der Waals surface area (Å²) in [5.74, 6) is -0.867. The van der Waals surface area contributed by atoms with Gasteiger partial charge in [0, 0.05) is 19.3 Å². The van der Waals surface area contributed by atoms with Gasteiger partial charge in [0.1, 0.15) is 13.2 Å². The fourth-order valence-electron chi connectivity index (χ4n) is 8.22. The van der Waals surface area contributed by atoms with E-state index in [4.69, 9.17) is 14.2 Å². The zero-order chi connectivity index (χ0) is 46.5. The molecule has 0 spiro atoms. The van der Waals surface area contributed by atoms with E-state index in [-0.39, 0.29) is 31.1 Å². The molecule has 0 saturated carbocycles. The summed E-state index contributed by atoms with van der Waals surface area (Å²) in [7, 11) is 0. The van der Waals surface area contributed by atoms with Crippen LogP contribution in [0.2, 0.25) is 0 Å². The lowest BCUT2D eigenvalue weighted by atomic mass is 10.0. The Labute approximate surface area is 397 Å². The molecule has 0 aromatic carbocycles. The standard InChI is InChI=1S/C58H106O6/c1-4-7-10-13-16-19-22-24-26-28-29-31-32-34-36-39-42-45-48-51-57(60)63-54-55(53-62-56(59)50-47-44-41-38-21-18-15-12-9-6-3)64-58(61)52-49-46-43-40-37-35-33-30-27-25-23-20-17-14-11-8-5-2/h8,11,17,20,25,27,55H,4-7,9-10,12-16,18-19,21-24,26,28-54H2,1-3H3/b11-8-,20-17-,27-25-. The number of carbonyl (C=O) groups excluding carboxylic acids is 3. The Kier molecular flexibility index (Phi) is 51.3. The van der Waals surface area contributed by atoms with Crippen molar-refractivity contribution in [3.8, 4) is 0 Å². The van der Waals surface area contributed by atoms with Crippen LogP contribution in [0.15, 0.2) is 36.5 Å². The molecule has 0 rings (SSSR count). The Morgan fingerprint density at radius 1 is 0.328 bits per heavy atom. The van der Waals surface area contributed by atoms with E-state index in [1.54, 1.807) is 0 Å². The van der Waals surface area contributed by atoms with Gasteiger partial charge in [-0.2, -0.15) is 0 Å². The van der Waals surface area contributed by atoms with Crippen LogP contribution in [0.25, 0.3) is 0 Å². The number of hydrogen-bond acceptors (Lipinski definition) is 6. The van der Waals surface area contributed by atoms with Gasteiger partial charge in [0.25, 0.3) is 0 Å². The number of hydrogen-bond donors (Lipinski definition) is 0. The molecule has 6 heteroatoms. The summed E-state index contributed by atoms with van der Waals surface area (Å²) in [4.78, 5) is 38.0. The maximum absolute atomic E-state index is 12.8. The molecule has 0 aliphatic heterocycles. The smallest absolute Gasteiger partial charge is 0.306 e. The summed E-state index contributed by atoms with van der Waals surface area (Å²) in [5, 5.41) is 0. The third-order valence-corrected chi connectivity index (χ3v) is 12.4. The third-order valence-electron chi connectivity index (χ3n) is 12.4. The fourth-order valence-corrected chi connectivity index (χ4v) is 8.22. The van der Waals surface area contributed by atoms with Crippen LogP contribution in [0, 0.1) is 0 Å². The van der Waals surface area contributed by atoms with Crippen LogP contribution in [0.5, 0.6) is 0 Å². The van der Waals surface area contributed by atoms with Crippen LogP contribution >= 0.6 is 0 Å². The van der Waals surface area contributed by atoms with Crippen LogP contribution in [-0.2, 0) is 28.6 Å². The lowest BCUT2D eigenvalue weighted by Gasteiger charge is -2.18. The van der Waals surface area contributed by atoms with E-state index >= 15 is 0 Å². The van der Waals surface area contributed by atoms with Gasteiger partial charge in [0.05, 0.1) is 0 Å². The first-order valence-electron chi connectivity index (χ1n) is 28.0. The van der Waals surface area contributed by atoms with Gasteiger partial charge in [0.15, 0.2) is 6.10 Å². The molecule has 6 nitrogen and oxygen atoms in total. The molecule has 0 N–H and O–H groups in total. The number of ether oxygens (including phenoxy) is 3. The second-order valence-corrected chi connectivity index (χ2v) is 18.8. The summed E-state index contributed by atoms with van der Waals surface area (Å²) < 4.78 is 16.8. The molecule has 0 aromatic heterocycles. The van der Waals surface area contributed by atoms with Gasteiger partial charge in [-0.05, 0) is 51.4 Å². The van der Waals surface area contributed by atoms with Gasteiger partial charge in [-0.3, -0.25) is 14.4 Å². The molecular weight excluding hydrogens is 793 g/mol. The fraction of sp³-hybridized carbons (Fsp3) is 0.845. The zero-order valence-corrected chi connectivity index (χ0v) is 42.8. The van der Waals surface area contributed by atoms with Gasteiger partial charge >= 0.3 is 17.9 Å². The lowest BCUT2D eigenvalue weighted by molar-refractivity contribution is -0.167. The SMILES string of the molecule is CC/C=C\C/C=C\C/C=C\CCCCCCCCCC(=O)OC(COC(=O)CCCCCCCCCCCC)COC(=O)CCCCCCCCCCCCCCCCCCCCC. The van der Waals surface area contributed by atoms with E-state index in [0.29, 0.717) is 19.3 Å². The van der Waals surface area contributed by atoms with Crippen LogP contribution in [0.1, 0.15) is 297 Å². The van der Waals surface area contributed by atoms with E-state index in [0.717, 1.165) is 83.5 Å². The first-order valence-corrected chi connectivity index (χ1v) is 28.0.